The number of hydrogen-bond donors (Lipinski definition) is 1. The first-order valence-corrected chi connectivity index (χ1v) is 8.30. The number of nitrogens with zero attached hydrogens (tertiary/aromatic N) is 2. The molecule has 25 heavy (non-hydrogen) atoms. The number of hydrogen-bond acceptors (Lipinski definition) is 4. The number of carbonyl (C=O) groups excluding carboxylic acids is 1. The summed E-state index contributed by atoms with van der Waals surface area (Å²) in [5.74, 6) is 0.540. The number of benzene rings is 1. The number of halogens is 1. The van der Waals surface area contributed by atoms with Crippen LogP contribution in [0.3, 0.4) is 0 Å². The molecule has 0 fully saturated rings. The van der Waals surface area contributed by atoms with Gasteiger partial charge in [-0.15, -0.1) is 0 Å². The Morgan fingerprint density at radius 1 is 1.32 bits per heavy atom. The lowest BCUT2D eigenvalue weighted by Gasteiger charge is -2.24. The molecule has 1 aromatic carbocycles. The molecule has 2 aromatic heterocycles. The highest BCUT2D eigenvalue weighted by molar-refractivity contribution is 6.30. The lowest BCUT2D eigenvalue weighted by atomic mass is 10.0. The van der Waals surface area contributed by atoms with Crippen molar-refractivity contribution in [3.05, 3.63) is 70.8 Å². The zero-order valence-electron chi connectivity index (χ0n) is 13.8. The maximum Gasteiger partial charge on any atom is 0.238 e. The number of nitrogens with one attached hydrogen (secondary N) is 1. The van der Waals surface area contributed by atoms with Crippen LogP contribution in [0.5, 0.6) is 0 Å². The molecule has 4 rings (SSSR count). The predicted octanol–water partition coefficient (Wildman–Crippen LogP) is 4.24. The van der Waals surface area contributed by atoms with Crippen LogP contribution >= 0.6 is 11.6 Å². The van der Waals surface area contributed by atoms with Gasteiger partial charge in [-0.1, -0.05) is 29.8 Å². The zero-order chi connectivity index (χ0) is 17.6. The summed E-state index contributed by atoms with van der Waals surface area (Å²) in [4.78, 5) is 16.7. The third-order valence-electron chi connectivity index (χ3n) is 4.32. The summed E-state index contributed by atoms with van der Waals surface area (Å²) in [5, 5.41) is 2.90. The van der Waals surface area contributed by atoms with Crippen molar-refractivity contribution in [3.63, 3.8) is 0 Å². The second-order valence-corrected chi connectivity index (χ2v) is 6.38. The molecular formula is C19H16ClN3O2. The molecule has 1 N–H and O–H groups in total. The maximum atomic E-state index is 12.1. The van der Waals surface area contributed by atoms with E-state index in [2.05, 4.69) is 10.4 Å². The van der Waals surface area contributed by atoms with Gasteiger partial charge in [-0.2, -0.15) is 0 Å². The highest BCUT2D eigenvalue weighted by Gasteiger charge is 2.31. The average Bonchev–Trinajstić information content (AvgIpc) is 3.24. The number of aromatic nitrogens is 1. The molecule has 0 spiro atoms. The van der Waals surface area contributed by atoms with Crippen LogP contribution in [0.2, 0.25) is 5.15 Å². The SMILES string of the molecule is CC(=O)N1NC(c2ccco2)=C[C@H]1c1cc2cccc(C)c2nc1Cl. The fraction of sp³-hybridized carbons (Fsp3) is 0.158. The monoisotopic (exact) mass is 353 g/mol. The van der Waals surface area contributed by atoms with Crippen molar-refractivity contribution < 1.29 is 9.21 Å². The largest absolute Gasteiger partial charge is 0.463 e. The lowest BCUT2D eigenvalue weighted by molar-refractivity contribution is -0.132. The molecule has 5 nitrogen and oxygen atoms in total. The van der Waals surface area contributed by atoms with Crippen LogP contribution in [0.4, 0.5) is 0 Å². The van der Waals surface area contributed by atoms with E-state index in [9.17, 15) is 4.79 Å². The summed E-state index contributed by atoms with van der Waals surface area (Å²) in [6, 6.07) is 11.2. The Morgan fingerprint density at radius 2 is 2.16 bits per heavy atom. The summed E-state index contributed by atoms with van der Waals surface area (Å²) < 4.78 is 5.43. The first kappa shape index (κ1) is 15.7. The van der Waals surface area contributed by atoms with Crippen LogP contribution in [-0.2, 0) is 4.79 Å². The average molecular weight is 354 g/mol. The molecular weight excluding hydrogens is 338 g/mol. The Kier molecular flexibility index (Phi) is 3.73. The van der Waals surface area contributed by atoms with Crippen LogP contribution in [0, 0.1) is 6.92 Å². The Morgan fingerprint density at radius 3 is 2.88 bits per heavy atom. The number of furan rings is 1. The van der Waals surface area contributed by atoms with E-state index in [0.717, 1.165) is 27.7 Å². The van der Waals surface area contributed by atoms with E-state index < -0.39 is 0 Å². The number of hydrazine groups is 1. The minimum Gasteiger partial charge on any atom is -0.463 e. The number of para-hydroxylation sites is 1. The summed E-state index contributed by atoms with van der Waals surface area (Å²) in [7, 11) is 0. The van der Waals surface area contributed by atoms with Gasteiger partial charge in [-0.3, -0.25) is 10.2 Å². The molecule has 0 saturated carbocycles. The summed E-state index contributed by atoms with van der Waals surface area (Å²) in [5.41, 5.74) is 6.52. The zero-order valence-corrected chi connectivity index (χ0v) is 14.5. The van der Waals surface area contributed by atoms with Crippen molar-refractivity contribution in [1.29, 1.82) is 0 Å². The lowest BCUT2D eigenvalue weighted by Crippen LogP contribution is -2.38. The van der Waals surface area contributed by atoms with E-state index in [-0.39, 0.29) is 11.9 Å². The minimum absolute atomic E-state index is 0.122. The quantitative estimate of drug-likeness (QED) is 0.700. The molecule has 6 heteroatoms. The number of aryl methyl sites for hydroxylation is 1. The first-order chi connectivity index (χ1) is 12.0. The van der Waals surface area contributed by atoms with Gasteiger partial charge in [0.25, 0.3) is 0 Å². The summed E-state index contributed by atoms with van der Waals surface area (Å²) >= 11 is 6.47. The van der Waals surface area contributed by atoms with Crippen molar-refractivity contribution >= 4 is 34.1 Å². The van der Waals surface area contributed by atoms with Crippen LogP contribution in [0.15, 0.2) is 53.2 Å². The van der Waals surface area contributed by atoms with Gasteiger partial charge in [-0.05, 0) is 36.8 Å². The Balaban J connectivity index is 1.84. The molecule has 0 unspecified atom stereocenters. The van der Waals surface area contributed by atoms with Gasteiger partial charge in [0.1, 0.15) is 11.2 Å². The third-order valence-corrected chi connectivity index (χ3v) is 4.62. The molecule has 0 aliphatic carbocycles. The first-order valence-electron chi connectivity index (χ1n) is 7.92. The van der Waals surface area contributed by atoms with Crippen LogP contribution in [0.25, 0.3) is 16.6 Å². The second kappa shape index (κ2) is 5.93. The second-order valence-electron chi connectivity index (χ2n) is 6.02. The van der Waals surface area contributed by atoms with Crippen molar-refractivity contribution in [2.24, 2.45) is 0 Å². The van der Waals surface area contributed by atoms with E-state index in [0.29, 0.717) is 10.9 Å². The number of carbonyl (C=O) groups is 1. The van der Waals surface area contributed by atoms with Gasteiger partial charge < -0.3 is 4.42 Å². The van der Waals surface area contributed by atoms with Crippen LogP contribution in [0.1, 0.15) is 29.9 Å². The van der Waals surface area contributed by atoms with Crippen molar-refractivity contribution in [2.45, 2.75) is 19.9 Å². The van der Waals surface area contributed by atoms with Gasteiger partial charge in [0.15, 0.2) is 5.76 Å². The number of fused-ring (bicyclic) bond motifs is 1. The topological polar surface area (TPSA) is 58.4 Å². The fourth-order valence-corrected chi connectivity index (χ4v) is 3.34. The van der Waals surface area contributed by atoms with Crippen molar-refractivity contribution in [1.82, 2.24) is 15.4 Å². The van der Waals surface area contributed by atoms with E-state index in [1.807, 2.05) is 43.3 Å². The van der Waals surface area contributed by atoms with Gasteiger partial charge in [0.2, 0.25) is 5.91 Å². The number of amides is 1. The molecule has 3 aromatic rings. The molecule has 3 heterocycles. The van der Waals surface area contributed by atoms with E-state index in [1.54, 1.807) is 12.3 Å². The summed E-state index contributed by atoms with van der Waals surface area (Å²) in [6.45, 7) is 3.50. The number of pyridine rings is 1. The van der Waals surface area contributed by atoms with Gasteiger partial charge in [0, 0.05) is 17.9 Å². The van der Waals surface area contributed by atoms with Crippen molar-refractivity contribution in [2.75, 3.05) is 0 Å². The Bertz CT molecular complexity index is 995. The molecule has 0 saturated heterocycles. The van der Waals surface area contributed by atoms with Gasteiger partial charge >= 0.3 is 0 Å². The maximum absolute atomic E-state index is 12.1. The predicted molar refractivity (Wildman–Crippen MR) is 96.6 cm³/mol. The van der Waals surface area contributed by atoms with Crippen LogP contribution in [-0.4, -0.2) is 15.9 Å². The van der Waals surface area contributed by atoms with E-state index in [4.69, 9.17) is 16.0 Å². The molecule has 1 amide bonds. The minimum atomic E-state index is -0.359. The highest BCUT2D eigenvalue weighted by atomic mass is 35.5. The molecule has 0 bridgehead atoms. The third kappa shape index (κ3) is 2.66. The normalized spacial score (nSPS) is 16.8. The van der Waals surface area contributed by atoms with Crippen LogP contribution < -0.4 is 5.43 Å². The number of rotatable bonds is 2. The molecule has 1 aliphatic rings. The standard InChI is InChI=1S/C19H16ClN3O2/c1-11-5-3-6-13-9-14(19(20)21-18(11)13)16-10-15(17-7-4-8-25-17)22-23(16)12(2)24/h3-10,16,22H,1-2H3/t16-/m0/s1. The van der Waals surface area contributed by atoms with Gasteiger partial charge in [-0.25, -0.2) is 9.99 Å². The summed E-state index contributed by atoms with van der Waals surface area (Å²) in [6.07, 6.45) is 3.52. The Hall–Kier alpha value is -2.79. The molecule has 1 atom stereocenters. The highest BCUT2D eigenvalue weighted by Crippen LogP contribution is 2.36. The smallest absolute Gasteiger partial charge is 0.238 e. The van der Waals surface area contributed by atoms with Gasteiger partial charge in [0.05, 0.1) is 17.5 Å². The van der Waals surface area contributed by atoms with Crippen molar-refractivity contribution in [3.8, 4) is 0 Å². The molecule has 1 aliphatic heterocycles. The van der Waals surface area contributed by atoms with E-state index in [1.165, 1.54) is 11.9 Å². The van der Waals surface area contributed by atoms with E-state index >= 15 is 0 Å². The molecule has 0 radical (unpaired) electrons. The molecule has 126 valence electrons. The Labute approximate surface area is 149 Å². The fourth-order valence-electron chi connectivity index (χ4n) is 3.09.